The lowest BCUT2D eigenvalue weighted by Crippen LogP contribution is -2.42. The van der Waals surface area contributed by atoms with Gasteiger partial charge in [0, 0.05) is 5.56 Å². The number of benzene rings is 1. The van der Waals surface area contributed by atoms with E-state index < -0.39 is 5.60 Å². The Kier molecular flexibility index (Phi) is 7.36. The third kappa shape index (κ3) is 7.80. The quantitative estimate of drug-likeness (QED) is 0.619. The van der Waals surface area contributed by atoms with Crippen LogP contribution in [0.15, 0.2) is 30.3 Å². The number of amides is 1. The van der Waals surface area contributed by atoms with E-state index in [0.717, 1.165) is 5.56 Å². The van der Waals surface area contributed by atoms with E-state index in [9.17, 15) is 4.79 Å². The van der Waals surface area contributed by atoms with Crippen molar-refractivity contribution in [2.24, 2.45) is 0 Å². The van der Waals surface area contributed by atoms with Gasteiger partial charge in [0.15, 0.2) is 13.1 Å². The Balaban J connectivity index is 2.62. The molecule has 0 spiro atoms. The average Bonchev–Trinajstić information content (AvgIpc) is 2.41. The number of aliphatic hydroxyl groups is 1. The monoisotopic (exact) mass is 295 g/mol. The standard InChI is InChI=1S/C16H25NO4/c1-16(2,3)21-15(19)17(9-11-20-12-10-18)13-14-7-5-4-6-8-14/h4-8,18H,9-13H2,1-3H3/q+1. The molecule has 1 aromatic carbocycles. The SMILES string of the molecule is CC(C)(C)OC(=O)[N+](CCOCCO)Cc1ccccc1. The molecule has 1 aromatic rings. The van der Waals surface area contributed by atoms with Gasteiger partial charge in [0.05, 0.1) is 13.2 Å². The summed E-state index contributed by atoms with van der Waals surface area (Å²) in [5, 5.41) is 8.70. The van der Waals surface area contributed by atoms with Gasteiger partial charge in [-0.25, -0.2) is 0 Å². The lowest BCUT2D eigenvalue weighted by molar-refractivity contribution is 0.0319. The molecule has 1 N–H and O–H groups in total. The molecule has 5 heteroatoms. The fourth-order valence-corrected chi connectivity index (χ4v) is 1.71. The molecule has 0 aliphatic carbocycles. The molecule has 0 fully saturated rings. The van der Waals surface area contributed by atoms with Crippen molar-refractivity contribution in [3.8, 4) is 0 Å². The molecule has 0 aliphatic heterocycles. The first kappa shape index (κ1) is 17.6. The van der Waals surface area contributed by atoms with E-state index in [1.54, 1.807) is 4.90 Å². The highest BCUT2D eigenvalue weighted by atomic mass is 16.6. The Bertz CT molecular complexity index is 414. The molecule has 1 rings (SSSR count). The predicted octanol–water partition coefficient (Wildman–Crippen LogP) is 2.27. The van der Waals surface area contributed by atoms with Crippen LogP contribution in [0, 0.1) is 0 Å². The Morgan fingerprint density at radius 2 is 1.86 bits per heavy atom. The molecule has 0 bridgehead atoms. The summed E-state index contributed by atoms with van der Waals surface area (Å²) in [6.45, 7) is 7.03. The first-order chi connectivity index (χ1) is 9.92. The zero-order valence-corrected chi connectivity index (χ0v) is 13.0. The number of hydrogen-bond acceptors (Lipinski definition) is 4. The summed E-state index contributed by atoms with van der Waals surface area (Å²) in [5.41, 5.74) is 0.503. The molecule has 117 valence electrons. The second-order valence-corrected chi connectivity index (χ2v) is 5.72. The molecule has 1 amide bonds. The molecule has 0 aromatic heterocycles. The third-order valence-electron chi connectivity index (χ3n) is 2.61. The van der Waals surface area contributed by atoms with E-state index in [-0.39, 0.29) is 19.3 Å². The Hall–Kier alpha value is -1.43. The summed E-state index contributed by atoms with van der Waals surface area (Å²) in [5.74, 6) is 0. The van der Waals surface area contributed by atoms with Crippen molar-refractivity contribution in [2.75, 3.05) is 26.4 Å². The first-order valence-electron chi connectivity index (χ1n) is 7.13. The van der Waals surface area contributed by atoms with Crippen LogP contribution in [0.4, 0.5) is 4.79 Å². The fraction of sp³-hybridized carbons (Fsp3) is 0.562. The van der Waals surface area contributed by atoms with Crippen LogP contribution in [-0.4, -0.2) is 43.2 Å². The van der Waals surface area contributed by atoms with Gasteiger partial charge in [0.2, 0.25) is 0 Å². The molecule has 5 nitrogen and oxygen atoms in total. The van der Waals surface area contributed by atoms with E-state index in [1.807, 2.05) is 51.1 Å². The fourth-order valence-electron chi connectivity index (χ4n) is 1.71. The number of nitrogens with zero attached hydrogens (tertiary/aromatic N) is 1. The molecular formula is C16H25NO4+. The normalized spacial score (nSPS) is 11.7. The van der Waals surface area contributed by atoms with Crippen molar-refractivity contribution in [2.45, 2.75) is 32.9 Å². The number of carbonyl (C=O) groups is 1. The molecule has 0 aliphatic rings. The lowest BCUT2D eigenvalue weighted by Gasteiger charge is -2.19. The van der Waals surface area contributed by atoms with Crippen LogP contribution in [0.1, 0.15) is 26.3 Å². The molecule has 0 heterocycles. The second kappa shape index (κ2) is 8.77. The smallest absolute Gasteiger partial charge is 0.411 e. The summed E-state index contributed by atoms with van der Waals surface area (Å²) < 4.78 is 10.6. The lowest BCUT2D eigenvalue weighted by atomic mass is 10.2. The van der Waals surface area contributed by atoms with Crippen molar-refractivity contribution in [3.63, 3.8) is 0 Å². The van der Waals surface area contributed by atoms with Crippen molar-refractivity contribution in [3.05, 3.63) is 35.9 Å². The van der Waals surface area contributed by atoms with Crippen LogP contribution in [0.25, 0.3) is 0 Å². The molecule has 0 unspecified atom stereocenters. The van der Waals surface area contributed by atoms with Gasteiger partial charge in [0.1, 0.15) is 12.2 Å². The van der Waals surface area contributed by atoms with Crippen molar-refractivity contribution in [1.82, 2.24) is 4.90 Å². The Morgan fingerprint density at radius 3 is 2.43 bits per heavy atom. The maximum absolute atomic E-state index is 12.2. The van der Waals surface area contributed by atoms with Crippen LogP contribution in [0.2, 0.25) is 0 Å². The third-order valence-corrected chi connectivity index (χ3v) is 2.61. The van der Waals surface area contributed by atoms with E-state index in [1.165, 1.54) is 0 Å². The molecule has 0 saturated carbocycles. The second-order valence-electron chi connectivity index (χ2n) is 5.72. The average molecular weight is 295 g/mol. The van der Waals surface area contributed by atoms with Gasteiger partial charge in [0.25, 0.3) is 0 Å². The zero-order valence-electron chi connectivity index (χ0n) is 13.0. The summed E-state index contributed by atoms with van der Waals surface area (Å²) >= 11 is 0. The number of carbonyl (C=O) groups excluding carboxylic acids is 1. The van der Waals surface area contributed by atoms with Gasteiger partial charge in [-0.15, -0.1) is 0 Å². The topological polar surface area (TPSA) is 61.7 Å². The largest absolute Gasteiger partial charge is 0.567 e. The maximum Gasteiger partial charge on any atom is 0.567 e. The van der Waals surface area contributed by atoms with Crippen molar-refractivity contribution in [1.29, 1.82) is 0 Å². The van der Waals surface area contributed by atoms with Gasteiger partial charge >= 0.3 is 6.09 Å². The summed E-state index contributed by atoms with van der Waals surface area (Å²) in [7, 11) is 0. The first-order valence-corrected chi connectivity index (χ1v) is 7.13. The number of ether oxygens (including phenoxy) is 2. The van der Waals surface area contributed by atoms with E-state index >= 15 is 0 Å². The molecule has 0 saturated heterocycles. The summed E-state index contributed by atoms with van der Waals surface area (Å²) in [4.78, 5) is 13.8. The van der Waals surface area contributed by atoms with Crippen LogP contribution in [0.3, 0.4) is 0 Å². The van der Waals surface area contributed by atoms with Crippen LogP contribution >= 0.6 is 0 Å². The maximum atomic E-state index is 12.2. The van der Waals surface area contributed by atoms with Crippen molar-refractivity contribution >= 4 is 6.09 Å². The van der Waals surface area contributed by atoms with Crippen LogP contribution in [-0.2, 0) is 16.0 Å². The number of aliphatic hydroxyl groups excluding tert-OH is 1. The minimum Gasteiger partial charge on any atom is -0.411 e. The molecule has 0 atom stereocenters. The van der Waals surface area contributed by atoms with Gasteiger partial charge < -0.3 is 14.6 Å². The van der Waals surface area contributed by atoms with Crippen LogP contribution in [0.5, 0.6) is 0 Å². The summed E-state index contributed by atoms with van der Waals surface area (Å²) in [6.07, 6.45) is -0.362. The van der Waals surface area contributed by atoms with Gasteiger partial charge in [-0.3, -0.25) is 0 Å². The van der Waals surface area contributed by atoms with E-state index in [2.05, 4.69) is 0 Å². The molecule has 21 heavy (non-hydrogen) atoms. The van der Waals surface area contributed by atoms with Gasteiger partial charge in [-0.1, -0.05) is 35.2 Å². The van der Waals surface area contributed by atoms with Crippen LogP contribution < -0.4 is 4.90 Å². The predicted molar refractivity (Wildman–Crippen MR) is 81.3 cm³/mol. The van der Waals surface area contributed by atoms with E-state index in [4.69, 9.17) is 14.6 Å². The number of hydrogen-bond donors (Lipinski definition) is 1. The summed E-state index contributed by atoms with van der Waals surface area (Å²) in [6, 6.07) is 9.74. The molecule has 1 radical (unpaired) electrons. The van der Waals surface area contributed by atoms with Gasteiger partial charge in [-0.2, -0.15) is 4.79 Å². The minimum atomic E-state index is -0.530. The highest BCUT2D eigenvalue weighted by Gasteiger charge is 2.32. The molecular weight excluding hydrogens is 270 g/mol. The minimum absolute atomic E-state index is 0.0227. The highest BCUT2D eigenvalue weighted by Crippen LogP contribution is 2.11. The highest BCUT2D eigenvalue weighted by molar-refractivity contribution is 5.70. The van der Waals surface area contributed by atoms with Gasteiger partial charge in [-0.05, 0) is 20.8 Å². The zero-order chi connectivity index (χ0) is 15.7. The Labute approximate surface area is 126 Å². The van der Waals surface area contributed by atoms with E-state index in [0.29, 0.717) is 19.7 Å². The Morgan fingerprint density at radius 1 is 1.19 bits per heavy atom. The number of rotatable bonds is 7. The van der Waals surface area contributed by atoms with Crippen molar-refractivity contribution < 1.29 is 19.4 Å².